The van der Waals surface area contributed by atoms with E-state index in [0.29, 0.717) is 61.4 Å². The Morgan fingerprint density at radius 2 is 1.92 bits per heavy atom. The van der Waals surface area contributed by atoms with Crippen molar-refractivity contribution in [2.75, 3.05) is 38.3 Å². The summed E-state index contributed by atoms with van der Waals surface area (Å²) < 4.78 is 60.9. The zero-order valence-electron chi connectivity index (χ0n) is 26.0. The molecule has 0 spiro atoms. The number of anilines is 1. The number of oxazole rings is 1. The fraction of sp³-hybridized carbons (Fsp3) is 0.324. The van der Waals surface area contributed by atoms with Gasteiger partial charge < -0.3 is 32.8 Å². The number of para-hydroxylation sites is 1. The molecule has 48 heavy (non-hydrogen) atoms. The van der Waals surface area contributed by atoms with Gasteiger partial charge in [0.25, 0.3) is 5.79 Å². The summed E-state index contributed by atoms with van der Waals surface area (Å²) in [4.78, 5) is 25.8. The van der Waals surface area contributed by atoms with Crippen molar-refractivity contribution in [2.24, 2.45) is 0 Å². The highest BCUT2D eigenvalue weighted by Gasteiger charge is 2.46. The molecule has 3 aliphatic rings. The Morgan fingerprint density at radius 3 is 2.71 bits per heavy atom. The Hall–Kier alpha value is -4.72. The first-order valence-electron chi connectivity index (χ1n) is 15.4. The van der Waals surface area contributed by atoms with Gasteiger partial charge in [-0.25, -0.2) is 23.5 Å². The van der Waals surface area contributed by atoms with E-state index in [9.17, 15) is 9.18 Å². The normalized spacial score (nSPS) is 22.0. The molecule has 2 aromatic heterocycles. The lowest BCUT2D eigenvalue weighted by atomic mass is 10.0. The molecule has 0 aliphatic carbocycles. The number of ether oxygens (including phenoxy) is 4. The van der Waals surface area contributed by atoms with Crippen LogP contribution in [-0.4, -0.2) is 70.9 Å². The maximum absolute atomic E-state index is 15.4. The van der Waals surface area contributed by atoms with Crippen LogP contribution in [0.15, 0.2) is 65.6 Å². The lowest BCUT2D eigenvalue weighted by Gasteiger charge is -2.44. The van der Waals surface area contributed by atoms with Crippen LogP contribution in [0, 0.1) is 11.6 Å². The molecule has 2 fully saturated rings. The third-order valence-corrected chi connectivity index (χ3v) is 9.50. The Balaban J connectivity index is 1.09. The maximum Gasteiger partial charge on any atom is 0.338 e. The topological polar surface area (TPSA) is 104 Å². The molecule has 0 amide bonds. The van der Waals surface area contributed by atoms with Gasteiger partial charge >= 0.3 is 5.97 Å². The number of methoxy groups -OCH3 is 1. The van der Waals surface area contributed by atoms with Gasteiger partial charge in [0.1, 0.15) is 23.4 Å². The number of fused-ring (bicyclic) bond motifs is 3. The predicted octanol–water partition coefficient (Wildman–Crippen LogP) is 5.52. The van der Waals surface area contributed by atoms with Crippen LogP contribution >= 0.6 is 11.6 Å². The molecule has 5 aromatic rings. The summed E-state index contributed by atoms with van der Waals surface area (Å²) in [5, 5.41) is 0.283. The van der Waals surface area contributed by atoms with E-state index < -0.39 is 23.4 Å². The first-order chi connectivity index (χ1) is 23.2. The summed E-state index contributed by atoms with van der Waals surface area (Å²) in [5.41, 5.74) is 2.37. The summed E-state index contributed by atoms with van der Waals surface area (Å²) in [7, 11) is 1.25. The molecule has 0 bridgehead atoms. The van der Waals surface area contributed by atoms with E-state index in [2.05, 4.69) is 14.8 Å². The summed E-state index contributed by atoms with van der Waals surface area (Å²) in [6, 6.07) is 12.7. The molecule has 0 radical (unpaired) electrons. The monoisotopic (exact) mass is 677 g/mol. The van der Waals surface area contributed by atoms with Crippen molar-refractivity contribution < 1.29 is 36.9 Å². The van der Waals surface area contributed by atoms with Crippen molar-refractivity contribution in [2.45, 2.75) is 37.9 Å². The van der Waals surface area contributed by atoms with Crippen molar-refractivity contribution in [1.29, 1.82) is 0 Å². The second-order valence-corrected chi connectivity index (χ2v) is 12.6. The minimum atomic E-state index is -1.38. The molecule has 3 aliphatic heterocycles. The highest BCUT2D eigenvalue weighted by molar-refractivity contribution is 6.30. The average Bonchev–Trinajstić information content (AvgIpc) is 3.88. The van der Waals surface area contributed by atoms with Gasteiger partial charge in [-0.1, -0.05) is 17.7 Å². The Bertz CT molecular complexity index is 2040. The van der Waals surface area contributed by atoms with E-state index in [1.165, 1.54) is 25.8 Å². The number of aromatic nitrogens is 3. The molecular weight excluding hydrogens is 648 g/mol. The molecule has 11 nitrogen and oxygen atoms in total. The fourth-order valence-electron chi connectivity index (χ4n) is 6.97. The number of piperazine rings is 1. The molecule has 2 saturated heterocycles. The van der Waals surface area contributed by atoms with Crippen LogP contribution < -0.4 is 14.4 Å². The van der Waals surface area contributed by atoms with Gasteiger partial charge in [0, 0.05) is 25.0 Å². The highest BCUT2D eigenvalue weighted by atomic mass is 35.5. The second-order valence-electron chi connectivity index (χ2n) is 12.1. The predicted molar refractivity (Wildman–Crippen MR) is 169 cm³/mol. The number of esters is 1. The SMILES string of the molecule is COC(=O)c1cc(F)c2nc(CN3CCN(c4cccc5c4O[C@@](C)(c4ccc(Cl)cc4F)O5)[C@@H]4COC[C@@H]43)n(Cc3cocn3)c2c1. The summed E-state index contributed by atoms with van der Waals surface area (Å²) in [6.45, 7) is 4.52. The van der Waals surface area contributed by atoms with E-state index in [-0.39, 0.29) is 40.3 Å². The molecule has 14 heteroatoms. The van der Waals surface area contributed by atoms with E-state index >= 15 is 4.39 Å². The third-order valence-electron chi connectivity index (χ3n) is 9.26. The van der Waals surface area contributed by atoms with E-state index in [1.807, 2.05) is 16.7 Å². The quantitative estimate of drug-likeness (QED) is 0.205. The molecule has 248 valence electrons. The molecule has 3 atom stereocenters. The van der Waals surface area contributed by atoms with Gasteiger partial charge in [0.05, 0.1) is 73.5 Å². The summed E-state index contributed by atoms with van der Waals surface area (Å²) >= 11 is 6.00. The van der Waals surface area contributed by atoms with E-state index in [1.54, 1.807) is 31.2 Å². The first kappa shape index (κ1) is 30.6. The van der Waals surface area contributed by atoms with Crippen LogP contribution in [0.3, 0.4) is 0 Å². The molecule has 0 unspecified atom stereocenters. The molecule has 3 aromatic carbocycles. The van der Waals surface area contributed by atoms with Gasteiger partial charge in [0.15, 0.2) is 23.7 Å². The average molecular weight is 678 g/mol. The standard InChI is InChI=1S/C34H30ClF2N5O6/c1-34(22-7-6-20(35)12-23(22)36)47-29-5-3-4-25(32(29)48-34)41-9-8-40(27-16-45-17-28(27)41)14-30-39-31-24(37)10-19(33(43)44-2)11-26(31)42(30)13-21-15-46-18-38-21/h3-7,10-12,15,18,27-28H,8-9,13-14,16-17H2,1-2H3/t27-,28+,34-/m0/s1. The Labute approximate surface area is 278 Å². The number of carbonyl (C=O) groups is 1. The van der Waals surface area contributed by atoms with Crippen molar-refractivity contribution in [3.63, 3.8) is 0 Å². The number of carbonyl (C=O) groups excluding carboxylic acids is 1. The number of imidazole rings is 1. The molecular formula is C34H30ClF2N5O6. The van der Waals surface area contributed by atoms with Crippen molar-refractivity contribution in [3.8, 4) is 11.5 Å². The summed E-state index contributed by atoms with van der Waals surface area (Å²) in [6.07, 6.45) is 2.85. The second kappa shape index (κ2) is 11.8. The molecule has 0 saturated carbocycles. The van der Waals surface area contributed by atoms with Crippen LogP contribution in [0.1, 0.15) is 34.4 Å². The van der Waals surface area contributed by atoms with Gasteiger partial charge in [0.2, 0.25) is 0 Å². The van der Waals surface area contributed by atoms with E-state index in [4.69, 9.17) is 39.9 Å². The largest absolute Gasteiger partial charge is 0.465 e. The van der Waals surface area contributed by atoms with Gasteiger partial charge in [-0.3, -0.25) is 4.90 Å². The lowest BCUT2D eigenvalue weighted by molar-refractivity contribution is -0.0705. The first-order valence-corrected chi connectivity index (χ1v) is 15.8. The Morgan fingerprint density at radius 1 is 1.06 bits per heavy atom. The number of benzene rings is 3. The lowest BCUT2D eigenvalue weighted by Crippen LogP contribution is -2.59. The number of nitrogens with zero attached hydrogens (tertiary/aromatic N) is 5. The van der Waals surface area contributed by atoms with Gasteiger partial charge in [-0.2, -0.15) is 0 Å². The highest BCUT2D eigenvalue weighted by Crippen LogP contribution is 2.51. The van der Waals surface area contributed by atoms with Crippen LogP contribution in [0.2, 0.25) is 5.02 Å². The van der Waals surface area contributed by atoms with Crippen LogP contribution in [-0.2, 0) is 28.4 Å². The van der Waals surface area contributed by atoms with Gasteiger partial charge in [-0.15, -0.1) is 0 Å². The number of hydrogen-bond donors (Lipinski definition) is 0. The molecule has 8 rings (SSSR count). The van der Waals surface area contributed by atoms with Gasteiger partial charge in [-0.05, 0) is 42.5 Å². The molecule has 0 N–H and O–H groups in total. The third kappa shape index (κ3) is 5.13. The zero-order chi connectivity index (χ0) is 33.2. The zero-order valence-corrected chi connectivity index (χ0v) is 26.7. The van der Waals surface area contributed by atoms with Crippen molar-refractivity contribution in [1.82, 2.24) is 19.4 Å². The van der Waals surface area contributed by atoms with Crippen LogP contribution in [0.4, 0.5) is 14.5 Å². The molecule has 5 heterocycles. The number of hydrogen-bond acceptors (Lipinski definition) is 10. The Kier molecular flexibility index (Phi) is 7.50. The fourth-order valence-corrected chi connectivity index (χ4v) is 7.13. The minimum absolute atomic E-state index is 0.0344. The summed E-state index contributed by atoms with van der Waals surface area (Å²) in [5.74, 6) is -1.53. The smallest absolute Gasteiger partial charge is 0.338 e. The maximum atomic E-state index is 15.4. The van der Waals surface area contributed by atoms with Crippen molar-refractivity contribution >= 4 is 34.3 Å². The number of halogens is 3. The van der Waals surface area contributed by atoms with E-state index in [0.717, 1.165) is 11.8 Å². The van der Waals surface area contributed by atoms with Crippen LogP contribution in [0.5, 0.6) is 11.5 Å². The van der Waals surface area contributed by atoms with Crippen molar-refractivity contribution in [3.05, 3.63) is 100 Å². The minimum Gasteiger partial charge on any atom is -0.465 e. The number of rotatable bonds is 7. The van der Waals surface area contributed by atoms with Crippen LogP contribution in [0.25, 0.3) is 11.0 Å².